The van der Waals surface area contributed by atoms with E-state index in [4.69, 9.17) is 19.2 Å². The largest absolute Gasteiger partial charge is 0.504 e. The van der Waals surface area contributed by atoms with Gasteiger partial charge in [-0.05, 0) is 54.0 Å². The number of phenolic OH excluding ortho intramolecular Hbond substituents is 1. The van der Waals surface area contributed by atoms with Crippen molar-refractivity contribution < 1.29 is 24.1 Å². The fourth-order valence-corrected chi connectivity index (χ4v) is 6.08. The van der Waals surface area contributed by atoms with Crippen molar-refractivity contribution in [3.63, 3.8) is 0 Å². The van der Waals surface area contributed by atoms with Gasteiger partial charge in [-0.2, -0.15) is 0 Å². The quantitative estimate of drug-likeness (QED) is 0.321. The first-order valence-corrected chi connectivity index (χ1v) is 13.9. The molecule has 40 heavy (non-hydrogen) atoms. The zero-order valence-corrected chi connectivity index (χ0v) is 23.6. The third-order valence-corrected chi connectivity index (χ3v) is 7.80. The van der Waals surface area contributed by atoms with Crippen LogP contribution in [0.1, 0.15) is 43.9 Å². The molecule has 0 radical (unpaired) electrons. The van der Waals surface area contributed by atoms with Crippen LogP contribution in [0.3, 0.4) is 0 Å². The maximum atomic E-state index is 14.1. The Kier molecular flexibility index (Phi) is 7.75. The van der Waals surface area contributed by atoms with Crippen LogP contribution in [0.15, 0.2) is 75.7 Å². The number of thiazole rings is 1. The lowest BCUT2D eigenvalue weighted by Gasteiger charge is -2.28. The first-order valence-electron chi connectivity index (χ1n) is 13.1. The molecule has 5 rings (SSSR count). The molecule has 0 fully saturated rings. The van der Waals surface area contributed by atoms with E-state index in [2.05, 4.69) is 0 Å². The highest BCUT2D eigenvalue weighted by atomic mass is 32.1. The maximum absolute atomic E-state index is 14.1. The number of aromatic hydroxyl groups is 1. The Hall–Kier alpha value is -4.37. The van der Waals surface area contributed by atoms with Gasteiger partial charge in [-0.15, -0.1) is 0 Å². The van der Waals surface area contributed by atoms with Crippen LogP contribution < -0.4 is 24.4 Å². The predicted octanol–water partition coefficient (Wildman–Crippen LogP) is 4.45. The summed E-state index contributed by atoms with van der Waals surface area (Å²) in [6, 6.07) is 15.7. The number of hydrogen-bond acceptors (Lipinski definition) is 8. The van der Waals surface area contributed by atoms with E-state index in [0.717, 1.165) is 17.2 Å². The van der Waals surface area contributed by atoms with E-state index < -0.39 is 12.0 Å². The van der Waals surface area contributed by atoms with Gasteiger partial charge in [0.1, 0.15) is 11.8 Å². The molecule has 2 heterocycles. The summed E-state index contributed by atoms with van der Waals surface area (Å²) < 4.78 is 18.6. The van der Waals surface area contributed by atoms with E-state index in [1.54, 1.807) is 36.8 Å². The SMILES string of the molecule is CCCC1=C(C(=O)OCC)C(c2c(OC)ccc3ccccc23)n2c(s/c(=C\c3ccc(O)c(OC)c3)c2=O)=N1. The third-order valence-electron chi connectivity index (χ3n) is 6.82. The van der Waals surface area contributed by atoms with Crippen molar-refractivity contribution in [3.8, 4) is 17.2 Å². The number of carbonyl (C=O) groups excluding carboxylic acids is 1. The number of carbonyl (C=O) groups is 1. The molecule has 0 bridgehead atoms. The summed E-state index contributed by atoms with van der Waals surface area (Å²) in [5.41, 5.74) is 2.01. The van der Waals surface area contributed by atoms with Gasteiger partial charge in [-0.1, -0.05) is 61.1 Å². The first kappa shape index (κ1) is 27.2. The van der Waals surface area contributed by atoms with Gasteiger partial charge in [-0.25, -0.2) is 9.79 Å². The average Bonchev–Trinajstić information content (AvgIpc) is 3.27. The van der Waals surface area contributed by atoms with Gasteiger partial charge in [0.15, 0.2) is 16.3 Å². The Balaban J connectivity index is 1.86. The summed E-state index contributed by atoms with van der Waals surface area (Å²) in [4.78, 5) is 33.0. The highest BCUT2D eigenvalue weighted by Gasteiger charge is 2.37. The number of allylic oxidation sites excluding steroid dienone is 1. The Morgan fingerprint density at radius 3 is 2.58 bits per heavy atom. The van der Waals surface area contributed by atoms with E-state index in [0.29, 0.717) is 49.7 Å². The fourth-order valence-electron chi connectivity index (χ4n) is 5.07. The van der Waals surface area contributed by atoms with Gasteiger partial charge in [-0.3, -0.25) is 9.36 Å². The summed E-state index contributed by atoms with van der Waals surface area (Å²) in [5.74, 6) is 0.357. The molecule has 8 nitrogen and oxygen atoms in total. The highest BCUT2D eigenvalue weighted by molar-refractivity contribution is 7.07. The molecule has 1 aliphatic rings. The van der Waals surface area contributed by atoms with E-state index in [1.165, 1.54) is 24.5 Å². The lowest BCUT2D eigenvalue weighted by atomic mass is 9.90. The number of nitrogens with zero attached hydrogens (tertiary/aromatic N) is 2. The van der Waals surface area contributed by atoms with E-state index in [1.807, 2.05) is 43.3 Å². The minimum Gasteiger partial charge on any atom is -0.504 e. The summed E-state index contributed by atoms with van der Waals surface area (Å²) in [6.45, 7) is 3.97. The molecule has 3 aromatic carbocycles. The van der Waals surface area contributed by atoms with Crippen molar-refractivity contribution >= 4 is 34.2 Å². The lowest BCUT2D eigenvalue weighted by Crippen LogP contribution is -2.40. The van der Waals surface area contributed by atoms with Crippen molar-refractivity contribution in [2.24, 2.45) is 4.99 Å². The number of rotatable bonds is 8. The third kappa shape index (κ3) is 4.77. The molecule has 1 aliphatic heterocycles. The molecular formula is C31H30N2O6S. The van der Waals surface area contributed by atoms with Crippen molar-refractivity contribution in [2.45, 2.75) is 32.7 Å². The summed E-state index contributed by atoms with van der Waals surface area (Å²) >= 11 is 1.25. The topological polar surface area (TPSA) is 99.4 Å². The molecular weight excluding hydrogens is 528 g/mol. The van der Waals surface area contributed by atoms with Gasteiger partial charge in [0.25, 0.3) is 5.56 Å². The number of ether oxygens (including phenoxy) is 3. The maximum Gasteiger partial charge on any atom is 0.338 e. The minimum atomic E-state index is -0.811. The highest BCUT2D eigenvalue weighted by Crippen LogP contribution is 2.41. The molecule has 0 saturated carbocycles. The number of hydrogen-bond donors (Lipinski definition) is 1. The smallest absolute Gasteiger partial charge is 0.338 e. The van der Waals surface area contributed by atoms with Gasteiger partial charge in [0, 0.05) is 5.56 Å². The number of phenols is 1. The van der Waals surface area contributed by atoms with Gasteiger partial charge in [0.2, 0.25) is 0 Å². The van der Waals surface area contributed by atoms with E-state index in [-0.39, 0.29) is 17.9 Å². The molecule has 9 heteroatoms. The second kappa shape index (κ2) is 11.4. The van der Waals surface area contributed by atoms with Crippen molar-refractivity contribution in [3.05, 3.63) is 96.7 Å². The second-order valence-corrected chi connectivity index (χ2v) is 10.3. The Bertz CT molecular complexity index is 1820. The lowest BCUT2D eigenvalue weighted by molar-refractivity contribution is -0.139. The van der Waals surface area contributed by atoms with Crippen LogP contribution in [0.5, 0.6) is 17.2 Å². The Morgan fingerprint density at radius 1 is 1.07 bits per heavy atom. The van der Waals surface area contributed by atoms with Gasteiger partial charge in [0.05, 0.1) is 36.6 Å². The number of methoxy groups -OCH3 is 2. The zero-order chi connectivity index (χ0) is 28.4. The van der Waals surface area contributed by atoms with Gasteiger partial charge >= 0.3 is 5.97 Å². The standard InChI is InChI=1S/C31H30N2O6S/c1-5-9-21-27(30(36)39-6-2)28(26-20-11-8-7-10-19(20)13-15-23(26)37-3)33-29(35)25(40-31(33)32-21)17-18-12-14-22(34)24(16-18)38-4/h7-8,10-17,28,34H,5-6,9H2,1-4H3/b25-17-. The molecule has 4 aromatic rings. The molecule has 1 aromatic heterocycles. The van der Waals surface area contributed by atoms with E-state index >= 15 is 0 Å². The molecule has 1 N–H and O–H groups in total. The van der Waals surface area contributed by atoms with Crippen molar-refractivity contribution in [2.75, 3.05) is 20.8 Å². The fraction of sp³-hybridized carbons (Fsp3) is 0.258. The van der Waals surface area contributed by atoms with Crippen LogP contribution in [-0.2, 0) is 9.53 Å². The van der Waals surface area contributed by atoms with Gasteiger partial charge < -0.3 is 19.3 Å². The zero-order valence-electron chi connectivity index (χ0n) is 22.8. The summed E-state index contributed by atoms with van der Waals surface area (Å²) in [6.07, 6.45) is 3.03. The van der Waals surface area contributed by atoms with Crippen LogP contribution in [0.4, 0.5) is 0 Å². The summed E-state index contributed by atoms with van der Waals surface area (Å²) in [7, 11) is 3.05. The normalized spacial score (nSPS) is 15.1. The van der Waals surface area contributed by atoms with E-state index in [9.17, 15) is 14.7 Å². The number of fused-ring (bicyclic) bond motifs is 2. The first-order chi connectivity index (χ1) is 19.4. The molecule has 0 aliphatic carbocycles. The Labute approximate surface area is 235 Å². The molecule has 0 spiro atoms. The minimum absolute atomic E-state index is 0.00689. The molecule has 1 unspecified atom stereocenters. The molecule has 206 valence electrons. The second-order valence-electron chi connectivity index (χ2n) is 9.25. The number of benzene rings is 3. The molecule has 0 amide bonds. The van der Waals surface area contributed by atoms with Crippen molar-refractivity contribution in [1.82, 2.24) is 4.57 Å². The number of aromatic nitrogens is 1. The van der Waals surface area contributed by atoms with Crippen LogP contribution in [-0.4, -0.2) is 36.5 Å². The van der Waals surface area contributed by atoms with Crippen LogP contribution in [0.2, 0.25) is 0 Å². The predicted molar refractivity (Wildman–Crippen MR) is 155 cm³/mol. The number of esters is 1. The van der Waals surface area contributed by atoms with Crippen LogP contribution >= 0.6 is 11.3 Å². The Morgan fingerprint density at radius 2 is 1.85 bits per heavy atom. The van der Waals surface area contributed by atoms with Crippen LogP contribution in [0.25, 0.3) is 16.8 Å². The monoisotopic (exact) mass is 558 g/mol. The molecule has 0 saturated heterocycles. The molecule has 1 atom stereocenters. The van der Waals surface area contributed by atoms with Crippen LogP contribution in [0, 0.1) is 0 Å². The van der Waals surface area contributed by atoms with Crippen molar-refractivity contribution in [1.29, 1.82) is 0 Å². The average molecular weight is 559 g/mol. The summed E-state index contributed by atoms with van der Waals surface area (Å²) in [5, 5.41) is 11.8.